The highest BCUT2D eigenvalue weighted by atomic mass is 16.4. The molecule has 1 amide bonds. The summed E-state index contributed by atoms with van der Waals surface area (Å²) in [5, 5.41) is 8.99. The van der Waals surface area contributed by atoms with Gasteiger partial charge in [0.05, 0.1) is 0 Å². The lowest BCUT2D eigenvalue weighted by molar-refractivity contribution is 0.0979. The molecule has 0 aromatic heterocycles. The molecule has 2 aromatic carbocycles. The molecule has 5 nitrogen and oxygen atoms in total. The molecule has 0 radical (unpaired) electrons. The molecule has 0 bridgehead atoms. The zero-order valence-electron chi connectivity index (χ0n) is 11.2. The van der Waals surface area contributed by atoms with Crippen molar-refractivity contribution in [1.29, 1.82) is 0 Å². The Hall–Kier alpha value is -2.95. The van der Waals surface area contributed by atoms with E-state index in [0.29, 0.717) is 22.4 Å². The summed E-state index contributed by atoms with van der Waals surface area (Å²) in [6, 6.07) is 11.1. The summed E-state index contributed by atoms with van der Waals surface area (Å²) in [5.41, 5.74) is 1.63. The van der Waals surface area contributed by atoms with Gasteiger partial charge in [-0.15, -0.1) is 0 Å². The molecule has 0 saturated heterocycles. The first-order chi connectivity index (χ1) is 10.0. The first-order valence-electron chi connectivity index (χ1n) is 6.30. The Balaban J connectivity index is 2.17. The Labute approximate surface area is 120 Å². The minimum absolute atomic E-state index is 0.218. The number of hydrogen-bond donors (Lipinski definition) is 1. The van der Waals surface area contributed by atoms with Crippen LogP contribution in [0.4, 0.5) is 10.5 Å². The maximum atomic E-state index is 12.5. The molecule has 1 aliphatic carbocycles. The average Bonchev–Trinajstić information content (AvgIpc) is 2.51. The predicted octanol–water partition coefficient (Wildman–Crippen LogP) is 2.58. The van der Waals surface area contributed by atoms with Crippen LogP contribution in [-0.2, 0) is 0 Å². The third-order valence-corrected chi connectivity index (χ3v) is 3.58. The highest BCUT2D eigenvalue weighted by molar-refractivity contribution is 6.28. The summed E-state index contributed by atoms with van der Waals surface area (Å²) in [7, 11) is 1.38. The molecule has 3 rings (SSSR count). The molecule has 104 valence electrons. The van der Waals surface area contributed by atoms with Crippen LogP contribution in [-0.4, -0.2) is 29.8 Å². The van der Waals surface area contributed by atoms with E-state index in [-0.39, 0.29) is 17.1 Å². The number of carboxylic acid groups (broad SMARTS) is 1. The van der Waals surface area contributed by atoms with Gasteiger partial charge in [-0.05, 0) is 18.2 Å². The number of carbonyl (C=O) groups excluding carboxylic acids is 2. The monoisotopic (exact) mass is 281 g/mol. The van der Waals surface area contributed by atoms with E-state index in [4.69, 9.17) is 5.11 Å². The lowest BCUT2D eigenvalue weighted by Crippen LogP contribution is -2.26. The Morgan fingerprint density at radius 3 is 2.00 bits per heavy atom. The highest BCUT2D eigenvalue weighted by Gasteiger charge is 2.29. The van der Waals surface area contributed by atoms with E-state index in [2.05, 4.69) is 0 Å². The third kappa shape index (κ3) is 1.90. The van der Waals surface area contributed by atoms with Crippen LogP contribution < -0.4 is 4.90 Å². The summed E-state index contributed by atoms with van der Waals surface area (Å²) in [5.74, 6) is -0.481. The van der Waals surface area contributed by atoms with Crippen molar-refractivity contribution >= 4 is 23.3 Å². The molecule has 2 aromatic rings. The number of fused-ring (bicyclic) bond motifs is 2. The van der Waals surface area contributed by atoms with Crippen molar-refractivity contribution in [2.45, 2.75) is 0 Å². The Kier molecular flexibility index (Phi) is 2.83. The molecule has 1 aliphatic rings. The molecule has 21 heavy (non-hydrogen) atoms. The van der Waals surface area contributed by atoms with Gasteiger partial charge in [-0.3, -0.25) is 14.5 Å². The van der Waals surface area contributed by atoms with Crippen LogP contribution in [0.25, 0.3) is 0 Å². The van der Waals surface area contributed by atoms with Crippen molar-refractivity contribution in [2.75, 3.05) is 11.9 Å². The number of rotatable bonds is 1. The number of nitrogens with zero attached hydrogens (tertiary/aromatic N) is 1. The normalized spacial score (nSPS) is 12.6. The van der Waals surface area contributed by atoms with Crippen LogP contribution in [0.1, 0.15) is 31.8 Å². The van der Waals surface area contributed by atoms with Crippen LogP contribution >= 0.6 is 0 Å². The summed E-state index contributed by atoms with van der Waals surface area (Å²) in [6.45, 7) is 0. The van der Waals surface area contributed by atoms with Crippen molar-refractivity contribution in [3.63, 3.8) is 0 Å². The van der Waals surface area contributed by atoms with Crippen molar-refractivity contribution in [2.24, 2.45) is 0 Å². The molecular formula is C16H11NO4. The Morgan fingerprint density at radius 2 is 1.43 bits per heavy atom. The summed E-state index contributed by atoms with van der Waals surface area (Å²) in [6.07, 6.45) is -1.13. The average molecular weight is 281 g/mol. The maximum absolute atomic E-state index is 12.5. The maximum Gasteiger partial charge on any atom is 0.411 e. The Bertz CT molecular complexity index is 795. The quantitative estimate of drug-likeness (QED) is 0.744. The molecule has 5 heteroatoms. The second kappa shape index (κ2) is 4.56. The van der Waals surface area contributed by atoms with Crippen molar-refractivity contribution in [1.82, 2.24) is 0 Å². The summed E-state index contributed by atoms with van der Waals surface area (Å²) >= 11 is 0. The van der Waals surface area contributed by atoms with E-state index in [1.54, 1.807) is 24.3 Å². The molecule has 0 saturated carbocycles. The zero-order chi connectivity index (χ0) is 15.1. The standard InChI is InChI=1S/C16H11NO4/c1-17(16(20)21)9-6-7-12-13(8-9)15(19)11-5-3-2-4-10(11)14(12)18/h2-8H,1H3,(H,20,21). The fourth-order valence-corrected chi connectivity index (χ4v) is 2.41. The number of hydrogen-bond acceptors (Lipinski definition) is 3. The van der Waals surface area contributed by atoms with Crippen LogP contribution in [0.3, 0.4) is 0 Å². The molecule has 0 aliphatic heterocycles. The lowest BCUT2D eigenvalue weighted by Gasteiger charge is -2.20. The van der Waals surface area contributed by atoms with Gasteiger partial charge in [0.15, 0.2) is 11.6 Å². The highest BCUT2D eigenvalue weighted by Crippen LogP contribution is 2.29. The van der Waals surface area contributed by atoms with Gasteiger partial charge in [0.2, 0.25) is 0 Å². The first kappa shape index (κ1) is 13.1. The molecular weight excluding hydrogens is 270 g/mol. The lowest BCUT2D eigenvalue weighted by atomic mass is 9.84. The zero-order valence-corrected chi connectivity index (χ0v) is 11.2. The number of benzene rings is 2. The minimum Gasteiger partial charge on any atom is -0.465 e. The van der Waals surface area contributed by atoms with Gasteiger partial charge in [0, 0.05) is 35.0 Å². The van der Waals surface area contributed by atoms with Gasteiger partial charge in [-0.1, -0.05) is 24.3 Å². The second-order valence-corrected chi connectivity index (χ2v) is 4.78. The molecule has 1 N–H and O–H groups in total. The Morgan fingerprint density at radius 1 is 0.905 bits per heavy atom. The SMILES string of the molecule is CN(C(=O)O)c1ccc2c(c1)C(=O)c1ccccc1C2=O. The summed E-state index contributed by atoms with van der Waals surface area (Å²) < 4.78 is 0. The molecule has 0 heterocycles. The fourth-order valence-electron chi connectivity index (χ4n) is 2.41. The molecule has 0 atom stereocenters. The van der Waals surface area contributed by atoms with E-state index in [1.807, 2.05) is 0 Å². The van der Waals surface area contributed by atoms with Crippen LogP contribution in [0.5, 0.6) is 0 Å². The smallest absolute Gasteiger partial charge is 0.411 e. The van der Waals surface area contributed by atoms with Gasteiger partial charge in [0.25, 0.3) is 0 Å². The van der Waals surface area contributed by atoms with Crippen LogP contribution in [0.15, 0.2) is 42.5 Å². The number of carbonyl (C=O) groups is 3. The summed E-state index contributed by atoms with van der Waals surface area (Å²) in [4.78, 5) is 36.9. The van der Waals surface area contributed by atoms with E-state index >= 15 is 0 Å². The number of amides is 1. The van der Waals surface area contributed by atoms with Gasteiger partial charge in [0.1, 0.15) is 0 Å². The number of anilines is 1. The van der Waals surface area contributed by atoms with Crippen molar-refractivity contribution < 1.29 is 19.5 Å². The van der Waals surface area contributed by atoms with Gasteiger partial charge in [-0.2, -0.15) is 0 Å². The van der Waals surface area contributed by atoms with E-state index in [9.17, 15) is 14.4 Å². The van der Waals surface area contributed by atoms with Gasteiger partial charge in [-0.25, -0.2) is 4.79 Å². The van der Waals surface area contributed by atoms with E-state index in [0.717, 1.165) is 4.90 Å². The fraction of sp³-hybridized carbons (Fsp3) is 0.0625. The topological polar surface area (TPSA) is 74.7 Å². The predicted molar refractivity (Wildman–Crippen MR) is 76.2 cm³/mol. The minimum atomic E-state index is -1.13. The molecule has 0 unspecified atom stereocenters. The van der Waals surface area contributed by atoms with E-state index in [1.165, 1.54) is 25.2 Å². The third-order valence-electron chi connectivity index (χ3n) is 3.58. The molecule has 0 spiro atoms. The second-order valence-electron chi connectivity index (χ2n) is 4.78. The number of ketones is 2. The van der Waals surface area contributed by atoms with E-state index < -0.39 is 6.09 Å². The first-order valence-corrected chi connectivity index (χ1v) is 6.30. The van der Waals surface area contributed by atoms with Crippen LogP contribution in [0, 0.1) is 0 Å². The van der Waals surface area contributed by atoms with Crippen molar-refractivity contribution in [3.05, 3.63) is 64.7 Å². The van der Waals surface area contributed by atoms with Crippen LogP contribution in [0.2, 0.25) is 0 Å². The van der Waals surface area contributed by atoms with Gasteiger partial charge >= 0.3 is 6.09 Å². The molecule has 0 fully saturated rings. The van der Waals surface area contributed by atoms with Crippen molar-refractivity contribution in [3.8, 4) is 0 Å². The van der Waals surface area contributed by atoms with Gasteiger partial charge < -0.3 is 5.11 Å². The largest absolute Gasteiger partial charge is 0.465 e.